The van der Waals surface area contributed by atoms with Crippen LogP contribution in [0.15, 0.2) is 58.3 Å². The summed E-state index contributed by atoms with van der Waals surface area (Å²) in [5.74, 6) is 0.252. The molecule has 0 saturated carbocycles. The molecule has 0 atom stereocenters. The Hall–Kier alpha value is -4.31. The number of aryl methyl sites for hydroxylation is 2. The van der Waals surface area contributed by atoms with Crippen LogP contribution in [-0.2, 0) is 29.2 Å². The van der Waals surface area contributed by atoms with Crippen LogP contribution in [0, 0.1) is 19.3 Å². The van der Waals surface area contributed by atoms with Crippen molar-refractivity contribution in [2.45, 2.75) is 54.3 Å². The van der Waals surface area contributed by atoms with Gasteiger partial charge in [-0.2, -0.15) is 0 Å². The molecule has 2 amide bonds. The zero-order valence-corrected chi connectivity index (χ0v) is 24.5. The molecule has 0 saturated heterocycles. The van der Waals surface area contributed by atoms with Crippen LogP contribution in [0.4, 0.5) is 11.4 Å². The van der Waals surface area contributed by atoms with Crippen molar-refractivity contribution in [1.29, 1.82) is 0 Å². The monoisotopic (exact) mass is 556 g/mol. The number of hydrogen-bond donors (Lipinski definition) is 0. The number of fused-ring (bicyclic) bond motifs is 2. The van der Waals surface area contributed by atoms with E-state index in [2.05, 4.69) is 14.9 Å². The number of hydrogen-bond acceptors (Lipinski definition) is 7. The topological polar surface area (TPSA) is 105 Å². The van der Waals surface area contributed by atoms with Gasteiger partial charge in [0.1, 0.15) is 16.8 Å². The summed E-state index contributed by atoms with van der Waals surface area (Å²) in [4.78, 5) is 53.9. The molecule has 10 nitrogen and oxygen atoms in total. The summed E-state index contributed by atoms with van der Waals surface area (Å²) >= 11 is 0. The van der Waals surface area contributed by atoms with E-state index in [0.29, 0.717) is 55.2 Å². The van der Waals surface area contributed by atoms with E-state index in [1.165, 1.54) is 0 Å². The first-order chi connectivity index (χ1) is 19.5. The van der Waals surface area contributed by atoms with Crippen LogP contribution in [0.25, 0.3) is 11.0 Å². The van der Waals surface area contributed by atoms with Crippen molar-refractivity contribution in [3.63, 3.8) is 0 Å². The molecule has 10 heteroatoms. The van der Waals surface area contributed by atoms with E-state index in [0.717, 1.165) is 22.4 Å². The number of furan rings is 1. The highest BCUT2D eigenvalue weighted by atomic mass is 16.3. The maximum absolute atomic E-state index is 13.3. The molecule has 1 aliphatic heterocycles. The van der Waals surface area contributed by atoms with E-state index in [1.807, 2.05) is 57.6 Å². The standard InChI is InChI=1S/C31H36N6O4/c1-7-37-25-9-8-22(14-26(25)34(6)29(39)31(4,5)30(37)40)18-35(19-23-15-32-21(3)33-16-23)11-12-36-17-20(2)27-24(28(36)38)10-13-41-27/h8-10,13-17H,7,11-12,18-19H2,1-6H3. The second-order valence-corrected chi connectivity index (χ2v) is 11.2. The smallest absolute Gasteiger partial charge is 0.261 e. The lowest BCUT2D eigenvalue weighted by Crippen LogP contribution is -2.47. The third kappa shape index (κ3) is 5.27. The van der Waals surface area contributed by atoms with Gasteiger partial charge in [0, 0.05) is 69.5 Å². The fraction of sp³-hybridized carbons (Fsp3) is 0.387. The van der Waals surface area contributed by atoms with Gasteiger partial charge >= 0.3 is 0 Å². The Morgan fingerprint density at radius 3 is 2.37 bits per heavy atom. The van der Waals surface area contributed by atoms with E-state index in [1.54, 1.807) is 47.6 Å². The molecule has 1 aliphatic rings. The summed E-state index contributed by atoms with van der Waals surface area (Å²) in [7, 11) is 1.72. The lowest BCUT2D eigenvalue weighted by Gasteiger charge is -2.27. The predicted molar refractivity (Wildman–Crippen MR) is 158 cm³/mol. The number of carbonyl (C=O) groups is 2. The number of pyridine rings is 1. The van der Waals surface area contributed by atoms with E-state index in [9.17, 15) is 14.4 Å². The fourth-order valence-electron chi connectivity index (χ4n) is 5.48. The third-order valence-electron chi connectivity index (χ3n) is 7.80. The van der Waals surface area contributed by atoms with E-state index in [4.69, 9.17) is 4.42 Å². The number of benzene rings is 1. The lowest BCUT2D eigenvalue weighted by molar-refractivity contribution is -0.137. The Bertz CT molecular complexity index is 1670. The molecule has 214 valence electrons. The first-order valence-electron chi connectivity index (χ1n) is 13.8. The van der Waals surface area contributed by atoms with Gasteiger partial charge in [0.15, 0.2) is 0 Å². The molecule has 5 rings (SSSR count). The molecule has 0 unspecified atom stereocenters. The molecule has 4 aromatic rings. The number of aromatic nitrogens is 3. The average molecular weight is 557 g/mol. The molecular weight excluding hydrogens is 520 g/mol. The van der Waals surface area contributed by atoms with Gasteiger partial charge in [-0.15, -0.1) is 0 Å². The Labute approximate surface area is 239 Å². The van der Waals surface area contributed by atoms with Crippen molar-refractivity contribution in [3.05, 3.63) is 82.0 Å². The van der Waals surface area contributed by atoms with E-state index in [-0.39, 0.29) is 17.4 Å². The molecular formula is C31H36N6O4. The summed E-state index contributed by atoms with van der Waals surface area (Å²) in [5.41, 5.74) is 3.62. The van der Waals surface area contributed by atoms with Gasteiger partial charge in [-0.05, 0) is 58.4 Å². The molecule has 1 aromatic carbocycles. The number of amides is 2. The first-order valence-corrected chi connectivity index (χ1v) is 13.8. The number of nitrogens with zero attached hydrogens (tertiary/aromatic N) is 6. The average Bonchev–Trinajstić information content (AvgIpc) is 3.45. The quantitative estimate of drug-likeness (QED) is 0.302. The largest absolute Gasteiger partial charge is 0.464 e. The Morgan fingerprint density at radius 2 is 1.66 bits per heavy atom. The van der Waals surface area contributed by atoms with Gasteiger partial charge in [0.25, 0.3) is 5.56 Å². The van der Waals surface area contributed by atoms with Gasteiger partial charge in [-0.25, -0.2) is 9.97 Å². The van der Waals surface area contributed by atoms with Crippen LogP contribution in [0.1, 0.15) is 43.3 Å². The highest BCUT2D eigenvalue weighted by molar-refractivity contribution is 6.19. The van der Waals surface area contributed by atoms with Crippen molar-refractivity contribution >= 4 is 34.2 Å². The molecule has 0 bridgehead atoms. The fourth-order valence-corrected chi connectivity index (χ4v) is 5.48. The van der Waals surface area contributed by atoms with Crippen LogP contribution >= 0.6 is 0 Å². The second kappa shape index (κ2) is 10.9. The molecule has 0 radical (unpaired) electrons. The molecule has 41 heavy (non-hydrogen) atoms. The van der Waals surface area contributed by atoms with Gasteiger partial charge in [-0.1, -0.05) is 6.07 Å². The second-order valence-electron chi connectivity index (χ2n) is 11.2. The maximum Gasteiger partial charge on any atom is 0.261 e. The highest BCUT2D eigenvalue weighted by Gasteiger charge is 2.45. The van der Waals surface area contributed by atoms with Crippen molar-refractivity contribution in [3.8, 4) is 0 Å². The first kappa shape index (κ1) is 28.2. The van der Waals surface area contributed by atoms with Gasteiger partial charge in [0.2, 0.25) is 11.8 Å². The SMILES string of the molecule is CCN1C(=O)C(C)(C)C(=O)N(C)c2cc(CN(CCn3cc(C)c4occc4c3=O)Cc3cnc(C)nc3)ccc21. The number of rotatable bonds is 8. The van der Waals surface area contributed by atoms with Crippen LogP contribution in [0.3, 0.4) is 0 Å². The zero-order chi connectivity index (χ0) is 29.5. The summed E-state index contributed by atoms with van der Waals surface area (Å²) in [6.45, 7) is 11.7. The summed E-state index contributed by atoms with van der Waals surface area (Å²) in [5, 5.41) is 0.569. The molecule has 0 spiro atoms. The highest BCUT2D eigenvalue weighted by Crippen LogP contribution is 2.39. The van der Waals surface area contributed by atoms with Gasteiger partial charge in [0.05, 0.1) is 23.0 Å². The van der Waals surface area contributed by atoms with E-state index >= 15 is 0 Å². The normalized spacial score (nSPS) is 15.1. The van der Waals surface area contributed by atoms with Crippen LogP contribution < -0.4 is 15.4 Å². The molecule has 0 N–H and O–H groups in total. The van der Waals surface area contributed by atoms with E-state index < -0.39 is 5.41 Å². The van der Waals surface area contributed by atoms with Crippen molar-refractivity contribution in [2.75, 3.05) is 29.9 Å². The minimum absolute atomic E-state index is 0.0879. The Kier molecular flexibility index (Phi) is 7.52. The van der Waals surface area contributed by atoms with Crippen LogP contribution in [0.2, 0.25) is 0 Å². The van der Waals surface area contributed by atoms with Crippen molar-refractivity contribution in [1.82, 2.24) is 19.4 Å². The summed E-state index contributed by atoms with van der Waals surface area (Å²) in [6.07, 6.45) is 7.02. The lowest BCUT2D eigenvalue weighted by atomic mass is 9.90. The summed E-state index contributed by atoms with van der Waals surface area (Å²) < 4.78 is 7.22. The number of carbonyl (C=O) groups excluding carboxylic acids is 2. The van der Waals surface area contributed by atoms with Gasteiger partial charge in [-0.3, -0.25) is 19.3 Å². The predicted octanol–water partition coefficient (Wildman–Crippen LogP) is 4.06. The van der Waals surface area contributed by atoms with Crippen molar-refractivity contribution in [2.24, 2.45) is 5.41 Å². The van der Waals surface area contributed by atoms with Crippen LogP contribution in [-0.4, -0.2) is 51.4 Å². The summed E-state index contributed by atoms with van der Waals surface area (Å²) in [6, 6.07) is 7.61. The molecule has 4 heterocycles. The minimum Gasteiger partial charge on any atom is -0.464 e. The third-order valence-corrected chi connectivity index (χ3v) is 7.80. The minimum atomic E-state index is -1.16. The molecule has 3 aromatic heterocycles. The zero-order valence-electron chi connectivity index (χ0n) is 24.5. The Morgan fingerprint density at radius 1 is 0.951 bits per heavy atom. The Balaban J connectivity index is 1.46. The molecule has 0 fully saturated rings. The molecule has 0 aliphatic carbocycles. The van der Waals surface area contributed by atoms with Gasteiger partial charge < -0.3 is 18.8 Å². The maximum atomic E-state index is 13.3. The van der Waals surface area contributed by atoms with Crippen LogP contribution in [0.5, 0.6) is 0 Å². The number of anilines is 2. The van der Waals surface area contributed by atoms with Crippen molar-refractivity contribution < 1.29 is 14.0 Å².